The Morgan fingerprint density at radius 1 is 1.45 bits per heavy atom. The molecule has 0 atom stereocenters. The van der Waals surface area contributed by atoms with Crippen LogP contribution in [-0.4, -0.2) is 36.5 Å². The second-order valence-electron chi connectivity index (χ2n) is 4.82. The van der Waals surface area contributed by atoms with E-state index in [1.807, 2.05) is 6.07 Å². The summed E-state index contributed by atoms with van der Waals surface area (Å²) in [6.07, 6.45) is 1.16. The smallest absolute Gasteiger partial charge is 0.319 e. The van der Waals surface area contributed by atoms with Gasteiger partial charge in [0.25, 0.3) is 0 Å². The molecule has 1 heterocycles. The summed E-state index contributed by atoms with van der Waals surface area (Å²) in [7, 11) is 0. The summed E-state index contributed by atoms with van der Waals surface area (Å²) < 4.78 is 5.24. The number of urea groups is 1. The number of aliphatic hydroxyl groups is 1. The molecule has 0 bridgehead atoms. The van der Waals surface area contributed by atoms with E-state index < -0.39 is 11.6 Å². The second-order valence-corrected chi connectivity index (χ2v) is 4.82. The molecule has 6 nitrogen and oxygen atoms in total. The Hall–Kier alpha value is -2.10. The lowest BCUT2D eigenvalue weighted by molar-refractivity contribution is 0.0179. The Bertz CT molecular complexity index is 519. The van der Waals surface area contributed by atoms with Crippen molar-refractivity contribution in [3.05, 3.63) is 29.8 Å². The molecule has 0 saturated carbocycles. The predicted octanol–water partition coefficient (Wildman–Crippen LogP) is 1.22. The van der Waals surface area contributed by atoms with Gasteiger partial charge in [-0.25, -0.2) is 4.79 Å². The van der Waals surface area contributed by atoms with E-state index >= 15 is 0 Å². The van der Waals surface area contributed by atoms with Crippen LogP contribution in [0.3, 0.4) is 0 Å². The average Bonchev–Trinajstić information content (AvgIpc) is 2.48. The SMILES string of the molecule is N#Cc1cccc(NC(=O)NC2(CO)CCOCC2)c1. The zero-order valence-electron chi connectivity index (χ0n) is 11.1. The minimum Gasteiger partial charge on any atom is -0.394 e. The number of hydrogen-bond donors (Lipinski definition) is 3. The van der Waals surface area contributed by atoms with Gasteiger partial charge in [-0.05, 0) is 31.0 Å². The quantitative estimate of drug-likeness (QED) is 0.773. The van der Waals surface area contributed by atoms with Gasteiger partial charge in [-0.2, -0.15) is 5.26 Å². The highest BCUT2D eigenvalue weighted by Gasteiger charge is 2.33. The van der Waals surface area contributed by atoms with Crippen molar-refractivity contribution in [3.8, 4) is 6.07 Å². The van der Waals surface area contributed by atoms with Gasteiger partial charge in [-0.3, -0.25) is 0 Å². The first kappa shape index (κ1) is 14.3. The molecule has 2 rings (SSSR count). The number of aliphatic hydroxyl groups excluding tert-OH is 1. The third-order valence-electron chi connectivity index (χ3n) is 3.38. The van der Waals surface area contributed by atoms with Crippen molar-refractivity contribution in [3.63, 3.8) is 0 Å². The van der Waals surface area contributed by atoms with Crippen LogP contribution < -0.4 is 10.6 Å². The fourth-order valence-electron chi connectivity index (χ4n) is 2.15. The van der Waals surface area contributed by atoms with Crippen LogP contribution in [0.5, 0.6) is 0 Å². The molecule has 1 fully saturated rings. The van der Waals surface area contributed by atoms with Gasteiger partial charge in [0, 0.05) is 18.9 Å². The van der Waals surface area contributed by atoms with E-state index in [4.69, 9.17) is 10.00 Å². The summed E-state index contributed by atoms with van der Waals surface area (Å²) in [6.45, 7) is 0.914. The number of ether oxygens (including phenoxy) is 1. The maximum atomic E-state index is 12.0. The lowest BCUT2D eigenvalue weighted by Crippen LogP contribution is -2.55. The standard InChI is InChI=1S/C14H17N3O3/c15-9-11-2-1-3-12(8-11)16-13(19)17-14(10-18)4-6-20-7-5-14/h1-3,8,18H,4-7,10H2,(H2,16,17,19). The van der Waals surface area contributed by atoms with E-state index in [2.05, 4.69) is 10.6 Å². The van der Waals surface area contributed by atoms with E-state index in [-0.39, 0.29) is 6.61 Å². The number of nitrogens with zero attached hydrogens (tertiary/aromatic N) is 1. The number of carbonyl (C=O) groups excluding carboxylic acids is 1. The van der Waals surface area contributed by atoms with Crippen molar-refractivity contribution in [2.24, 2.45) is 0 Å². The van der Waals surface area contributed by atoms with Crippen molar-refractivity contribution >= 4 is 11.7 Å². The van der Waals surface area contributed by atoms with Crippen LogP contribution in [0.25, 0.3) is 0 Å². The molecule has 0 aromatic heterocycles. The Labute approximate surface area is 117 Å². The molecule has 1 saturated heterocycles. The minimum atomic E-state index is -0.630. The zero-order valence-corrected chi connectivity index (χ0v) is 11.1. The summed E-state index contributed by atoms with van der Waals surface area (Å²) in [6, 6.07) is 8.28. The monoisotopic (exact) mass is 275 g/mol. The lowest BCUT2D eigenvalue weighted by Gasteiger charge is -2.36. The third kappa shape index (κ3) is 3.47. The van der Waals surface area contributed by atoms with E-state index in [1.165, 1.54) is 0 Å². The van der Waals surface area contributed by atoms with E-state index in [0.29, 0.717) is 37.3 Å². The van der Waals surface area contributed by atoms with Gasteiger partial charge >= 0.3 is 6.03 Å². The first-order valence-electron chi connectivity index (χ1n) is 6.45. The predicted molar refractivity (Wildman–Crippen MR) is 73.2 cm³/mol. The molecule has 2 amide bonds. The molecule has 3 N–H and O–H groups in total. The van der Waals surface area contributed by atoms with Gasteiger partial charge in [0.05, 0.1) is 23.8 Å². The zero-order chi connectivity index (χ0) is 14.4. The summed E-state index contributed by atoms with van der Waals surface area (Å²) >= 11 is 0. The van der Waals surface area contributed by atoms with E-state index in [9.17, 15) is 9.90 Å². The second kappa shape index (κ2) is 6.37. The molecule has 0 unspecified atom stereocenters. The van der Waals surface area contributed by atoms with E-state index in [1.54, 1.807) is 24.3 Å². The molecule has 0 spiro atoms. The molecule has 1 aromatic carbocycles. The third-order valence-corrected chi connectivity index (χ3v) is 3.38. The number of amides is 2. The van der Waals surface area contributed by atoms with Crippen LogP contribution >= 0.6 is 0 Å². The van der Waals surface area contributed by atoms with Crippen LogP contribution in [0.2, 0.25) is 0 Å². The van der Waals surface area contributed by atoms with Gasteiger partial charge < -0.3 is 20.5 Å². The molecule has 106 valence electrons. The highest BCUT2D eigenvalue weighted by atomic mass is 16.5. The van der Waals surface area contributed by atoms with Crippen molar-refractivity contribution in [2.75, 3.05) is 25.1 Å². The summed E-state index contributed by atoms with van der Waals surface area (Å²) in [4.78, 5) is 12.0. The van der Waals surface area contributed by atoms with Gasteiger partial charge in [0.2, 0.25) is 0 Å². The highest BCUT2D eigenvalue weighted by Crippen LogP contribution is 2.20. The van der Waals surface area contributed by atoms with E-state index in [0.717, 1.165) is 0 Å². The average molecular weight is 275 g/mol. The molecule has 1 aliphatic heterocycles. The molecule has 6 heteroatoms. The molecule has 0 aliphatic carbocycles. The molecular weight excluding hydrogens is 258 g/mol. The Kier molecular flexibility index (Phi) is 4.56. The first-order valence-corrected chi connectivity index (χ1v) is 6.45. The Balaban J connectivity index is 1.99. The summed E-state index contributed by atoms with van der Waals surface area (Å²) in [5, 5.41) is 23.8. The number of nitriles is 1. The van der Waals surface area contributed by atoms with Gasteiger partial charge in [-0.15, -0.1) is 0 Å². The number of rotatable bonds is 3. The molecular formula is C14H17N3O3. The number of hydrogen-bond acceptors (Lipinski definition) is 4. The van der Waals surface area contributed by atoms with Crippen molar-refractivity contribution in [1.82, 2.24) is 5.32 Å². The van der Waals surface area contributed by atoms with Crippen molar-refractivity contribution < 1.29 is 14.6 Å². The highest BCUT2D eigenvalue weighted by molar-refractivity contribution is 5.90. The first-order chi connectivity index (χ1) is 9.67. The maximum Gasteiger partial charge on any atom is 0.319 e. The van der Waals surface area contributed by atoms with Crippen LogP contribution in [0.1, 0.15) is 18.4 Å². The lowest BCUT2D eigenvalue weighted by atomic mass is 9.91. The van der Waals surface area contributed by atoms with Crippen LogP contribution in [-0.2, 0) is 4.74 Å². The van der Waals surface area contributed by atoms with Crippen LogP contribution in [0.15, 0.2) is 24.3 Å². The maximum absolute atomic E-state index is 12.0. The van der Waals surface area contributed by atoms with Gasteiger partial charge in [0.15, 0.2) is 0 Å². The summed E-state index contributed by atoms with van der Waals surface area (Å²) in [5.74, 6) is 0. The van der Waals surface area contributed by atoms with Gasteiger partial charge in [0.1, 0.15) is 0 Å². The Morgan fingerprint density at radius 3 is 2.85 bits per heavy atom. The summed E-state index contributed by atoms with van der Waals surface area (Å²) in [5.41, 5.74) is 0.391. The number of anilines is 1. The number of benzene rings is 1. The van der Waals surface area contributed by atoms with Crippen molar-refractivity contribution in [2.45, 2.75) is 18.4 Å². The topological polar surface area (TPSA) is 94.4 Å². The van der Waals surface area contributed by atoms with Crippen LogP contribution in [0.4, 0.5) is 10.5 Å². The van der Waals surface area contributed by atoms with Gasteiger partial charge in [-0.1, -0.05) is 6.07 Å². The normalized spacial score (nSPS) is 17.0. The Morgan fingerprint density at radius 2 is 2.20 bits per heavy atom. The van der Waals surface area contributed by atoms with Crippen molar-refractivity contribution in [1.29, 1.82) is 5.26 Å². The fourth-order valence-corrected chi connectivity index (χ4v) is 2.15. The minimum absolute atomic E-state index is 0.123. The molecule has 0 radical (unpaired) electrons. The number of carbonyl (C=O) groups is 1. The molecule has 1 aliphatic rings. The number of nitrogens with one attached hydrogen (secondary N) is 2. The largest absolute Gasteiger partial charge is 0.394 e. The van der Waals surface area contributed by atoms with Crippen LogP contribution in [0, 0.1) is 11.3 Å². The molecule has 20 heavy (non-hydrogen) atoms. The fraction of sp³-hybridized carbons (Fsp3) is 0.429. The molecule has 1 aromatic rings.